The highest BCUT2D eigenvalue weighted by Crippen LogP contribution is 2.15. The van der Waals surface area contributed by atoms with Crippen LogP contribution in [0.3, 0.4) is 0 Å². The number of nitrogen functional groups attached to an aromatic ring is 1. The monoisotopic (exact) mass is 244 g/mol. The maximum absolute atomic E-state index is 5.87. The largest absolute Gasteiger partial charge is 0.489 e. The van der Waals surface area contributed by atoms with E-state index in [1.807, 2.05) is 55.9 Å². The molecule has 1 heterocycles. The molecule has 0 amide bonds. The maximum Gasteiger partial charge on any atom is 0.297 e. The zero-order valence-electron chi connectivity index (χ0n) is 11.0. The summed E-state index contributed by atoms with van der Waals surface area (Å²) in [6.45, 7) is 4.39. The first-order chi connectivity index (χ1) is 8.56. The molecule has 0 aliphatic heterocycles. The first-order valence-electron chi connectivity index (χ1n) is 5.87. The van der Waals surface area contributed by atoms with E-state index in [-0.39, 0.29) is 0 Å². The molecule has 0 aliphatic rings. The second-order valence-corrected chi connectivity index (χ2v) is 4.41. The van der Waals surface area contributed by atoms with E-state index >= 15 is 0 Å². The van der Waals surface area contributed by atoms with Gasteiger partial charge in [-0.3, -0.25) is 0 Å². The zero-order valence-corrected chi connectivity index (χ0v) is 11.0. The molecule has 2 aromatic rings. The van der Waals surface area contributed by atoms with Gasteiger partial charge < -0.3 is 10.5 Å². The van der Waals surface area contributed by atoms with Crippen molar-refractivity contribution in [2.75, 3.05) is 5.73 Å². The summed E-state index contributed by atoms with van der Waals surface area (Å²) in [6, 6.07) is 7.94. The zero-order chi connectivity index (χ0) is 13.1. The Hall–Kier alpha value is -2.10. The summed E-state index contributed by atoms with van der Waals surface area (Å²) in [5.41, 5.74) is 7.98. The number of aromatic nitrogens is 2. The average molecular weight is 244 g/mol. The first kappa shape index (κ1) is 12.4. The highest BCUT2D eigenvalue weighted by molar-refractivity contribution is 5.36. The van der Waals surface area contributed by atoms with Gasteiger partial charge in [-0.2, -0.15) is 0 Å². The van der Waals surface area contributed by atoms with Crippen LogP contribution in [0.2, 0.25) is 0 Å². The van der Waals surface area contributed by atoms with Crippen LogP contribution in [0, 0.1) is 13.8 Å². The number of anilines is 1. The van der Waals surface area contributed by atoms with Crippen LogP contribution < -0.4 is 15.0 Å². The molecule has 0 unspecified atom stereocenters. The van der Waals surface area contributed by atoms with Crippen LogP contribution in [-0.2, 0) is 13.7 Å². The smallest absolute Gasteiger partial charge is 0.297 e. The van der Waals surface area contributed by atoms with Crippen LogP contribution in [0.25, 0.3) is 0 Å². The molecule has 0 spiro atoms. The van der Waals surface area contributed by atoms with Crippen molar-refractivity contribution in [3.05, 3.63) is 47.4 Å². The number of rotatable bonds is 3. The Labute approximate surface area is 107 Å². The number of nitrogens with zero attached hydrogens (tertiary/aromatic N) is 2. The molecule has 94 valence electrons. The van der Waals surface area contributed by atoms with Gasteiger partial charge in [-0.15, -0.1) is 0 Å². The Morgan fingerprint density at radius 2 is 1.89 bits per heavy atom. The summed E-state index contributed by atoms with van der Waals surface area (Å²) in [6.07, 6.45) is 1.95. The van der Waals surface area contributed by atoms with Gasteiger partial charge in [-0.05, 0) is 24.0 Å². The van der Waals surface area contributed by atoms with Crippen LogP contribution in [-0.4, -0.2) is 4.98 Å². The van der Waals surface area contributed by atoms with Crippen LogP contribution in [0.15, 0.2) is 30.5 Å². The van der Waals surface area contributed by atoms with E-state index < -0.39 is 0 Å². The minimum atomic E-state index is 0.427. The Morgan fingerprint density at radius 1 is 1.22 bits per heavy atom. The van der Waals surface area contributed by atoms with Crippen molar-refractivity contribution in [2.45, 2.75) is 20.5 Å². The summed E-state index contributed by atoms with van der Waals surface area (Å²) in [5, 5.41) is 0. The lowest BCUT2D eigenvalue weighted by Gasteiger charge is -2.07. The summed E-state index contributed by atoms with van der Waals surface area (Å²) >= 11 is 0. The predicted octanol–water partition coefficient (Wildman–Crippen LogP) is 1.68. The third kappa shape index (κ3) is 2.77. The van der Waals surface area contributed by atoms with E-state index in [1.165, 1.54) is 5.56 Å². The molecule has 4 heteroatoms. The Bertz CT molecular complexity index is 550. The Morgan fingerprint density at radius 3 is 2.56 bits per heavy atom. The molecule has 2 rings (SSSR count). The van der Waals surface area contributed by atoms with Gasteiger partial charge in [0, 0.05) is 6.92 Å². The number of hydrogen-bond donors (Lipinski definition) is 1. The first-order valence-corrected chi connectivity index (χ1v) is 5.87. The highest BCUT2D eigenvalue weighted by Gasteiger charge is 2.12. The molecule has 0 aliphatic carbocycles. The predicted molar refractivity (Wildman–Crippen MR) is 70.1 cm³/mol. The standard InChI is InChI=1S/C14H17N3O/c1-10-4-6-13(7-5-10)18-9-12-8-17(3)11(2)16-14(12)15/h4-8,15H,9H2,1-3H3/p+1. The molecule has 1 aromatic heterocycles. The molecule has 18 heavy (non-hydrogen) atoms. The summed E-state index contributed by atoms with van der Waals surface area (Å²) in [4.78, 5) is 4.26. The van der Waals surface area contributed by atoms with Gasteiger partial charge in [0.2, 0.25) is 5.82 Å². The molecule has 0 atom stereocenters. The van der Waals surface area contributed by atoms with Gasteiger partial charge >= 0.3 is 0 Å². The lowest BCUT2D eigenvalue weighted by molar-refractivity contribution is -0.681. The van der Waals surface area contributed by atoms with E-state index in [0.29, 0.717) is 12.4 Å². The van der Waals surface area contributed by atoms with Crippen LogP contribution in [0.5, 0.6) is 5.75 Å². The maximum atomic E-state index is 5.87. The fourth-order valence-electron chi connectivity index (χ4n) is 1.63. The molecule has 2 N–H and O–H groups in total. The summed E-state index contributed by atoms with van der Waals surface area (Å²) in [7, 11) is 1.94. The van der Waals surface area contributed by atoms with Crippen LogP contribution in [0.1, 0.15) is 17.0 Å². The number of benzene rings is 1. The number of nitrogens with two attached hydrogens (primary N) is 1. The highest BCUT2D eigenvalue weighted by atomic mass is 16.5. The fraction of sp³-hybridized carbons (Fsp3) is 0.286. The molecule has 0 fully saturated rings. The van der Waals surface area contributed by atoms with Crippen molar-refractivity contribution >= 4 is 5.82 Å². The van der Waals surface area contributed by atoms with Crippen molar-refractivity contribution in [2.24, 2.45) is 7.05 Å². The normalized spacial score (nSPS) is 10.4. The van der Waals surface area contributed by atoms with E-state index in [4.69, 9.17) is 10.5 Å². The molecule has 0 saturated carbocycles. The molecule has 1 aromatic carbocycles. The number of ether oxygens (including phenoxy) is 1. The van der Waals surface area contributed by atoms with Crippen molar-refractivity contribution in [3.8, 4) is 5.75 Å². The average Bonchev–Trinajstić information content (AvgIpc) is 2.34. The SMILES string of the molecule is Cc1ccc(OCc2c[n+](C)c(C)nc2N)cc1. The summed E-state index contributed by atoms with van der Waals surface area (Å²) < 4.78 is 7.62. The van der Waals surface area contributed by atoms with Gasteiger partial charge in [-0.25, -0.2) is 4.57 Å². The van der Waals surface area contributed by atoms with Crippen LogP contribution in [0.4, 0.5) is 5.82 Å². The number of aryl methyl sites for hydroxylation is 3. The van der Waals surface area contributed by atoms with Crippen molar-refractivity contribution in [1.29, 1.82) is 0 Å². The van der Waals surface area contributed by atoms with E-state index in [9.17, 15) is 0 Å². The molecule has 0 radical (unpaired) electrons. The Balaban J connectivity index is 2.10. The number of hydrogen-bond acceptors (Lipinski definition) is 3. The molecule has 4 nitrogen and oxygen atoms in total. The fourth-order valence-corrected chi connectivity index (χ4v) is 1.63. The quantitative estimate of drug-likeness (QED) is 0.836. The molecule has 0 bridgehead atoms. The summed E-state index contributed by atoms with van der Waals surface area (Å²) in [5.74, 6) is 2.24. The third-order valence-corrected chi connectivity index (χ3v) is 2.89. The van der Waals surface area contributed by atoms with Gasteiger partial charge in [0.25, 0.3) is 5.82 Å². The minimum Gasteiger partial charge on any atom is -0.489 e. The van der Waals surface area contributed by atoms with Gasteiger partial charge in [0.15, 0.2) is 0 Å². The third-order valence-electron chi connectivity index (χ3n) is 2.89. The van der Waals surface area contributed by atoms with E-state index in [2.05, 4.69) is 4.98 Å². The van der Waals surface area contributed by atoms with Gasteiger partial charge in [0.05, 0.1) is 12.6 Å². The lowest BCUT2D eigenvalue weighted by Crippen LogP contribution is -2.34. The Kier molecular flexibility index (Phi) is 3.46. The van der Waals surface area contributed by atoms with Gasteiger partial charge in [-0.1, -0.05) is 17.7 Å². The van der Waals surface area contributed by atoms with Crippen molar-refractivity contribution < 1.29 is 9.30 Å². The van der Waals surface area contributed by atoms with E-state index in [1.54, 1.807) is 0 Å². The molecular formula is C14H18N3O+. The second-order valence-electron chi connectivity index (χ2n) is 4.41. The van der Waals surface area contributed by atoms with Crippen molar-refractivity contribution in [1.82, 2.24) is 4.98 Å². The topological polar surface area (TPSA) is 52.0 Å². The van der Waals surface area contributed by atoms with E-state index in [0.717, 1.165) is 17.1 Å². The van der Waals surface area contributed by atoms with Crippen molar-refractivity contribution in [3.63, 3.8) is 0 Å². The second kappa shape index (κ2) is 5.04. The molecular weight excluding hydrogens is 226 g/mol. The molecule has 0 saturated heterocycles. The van der Waals surface area contributed by atoms with Crippen LogP contribution >= 0.6 is 0 Å². The minimum absolute atomic E-state index is 0.427. The lowest BCUT2D eigenvalue weighted by atomic mass is 10.2. The van der Waals surface area contributed by atoms with Gasteiger partial charge in [0.1, 0.15) is 18.6 Å².